The Hall–Kier alpha value is -3.68. The van der Waals surface area contributed by atoms with E-state index in [1.165, 1.54) is 0 Å². The van der Waals surface area contributed by atoms with Gasteiger partial charge in [0.1, 0.15) is 5.82 Å². The number of benzene rings is 2. The van der Waals surface area contributed by atoms with Gasteiger partial charge < -0.3 is 20.1 Å². The molecule has 4 rings (SSSR count). The molecule has 0 aliphatic carbocycles. The van der Waals surface area contributed by atoms with Gasteiger partial charge in [-0.3, -0.25) is 14.4 Å². The van der Waals surface area contributed by atoms with E-state index in [0.717, 1.165) is 29.0 Å². The third kappa shape index (κ3) is 4.03. The quantitative estimate of drug-likeness (QED) is 0.653. The van der Waals surface area contributed by atoms with Gasteiger partial charge in [-0.25, -0.2) is 4.98 Å². The average Bonchev–Trinajstić information content (AvgIpc) is 3.34. The Morgan fingerprint density at radius 1 is 1.07 bits per heavy atom. The molecule has 0 bridgehead atoms. The molecule has 8 heteroatoms. The van der Waals surface area contributed by atoms with Gasteiger partial charge in [-0.15, -0.1) is 0 Å². The van der Waals surface area contributed by atoms with Crippen LogP contribution in [0.5, 0.6) is 0 Å². The van der Waals surface area contributed by atoms with E-state index in [0.29, 0.717) is 18.5 Å². The first-order valence-electron chi connectivity index (χ1n) is 9.88. The molecular formula is C22H23N5O3. The predicted octanol–water partition coefficient (Wildman–Crippen LogP) is 1.75. The Labute approximate surface area is 173 Å². The van der Waals surface area contributed by atoms with Crippen LogP contribution in [0.15, 0.2) is 48.5 Å². The van der Waals surface area contributed by atoms with Gasteiger partial charge in [-0.1, -0.05) is 12.1 Å². The van der Waals surface area contributed by atoms with E-state index >= 15 is 0 Å². The molecule has 3 amide bonds. The van der Waals surface area contributed by atoms with E-state index in [1.807, 2.05) is 35.9 Å². The van der Waals surface area contributed by atoms with Crippen molar-refractivity contribution in [1.82, 2.24) is 20.2 Å². The number of anilines is 1. The average molecular weight is 405 g/mol. The fourth-order valence-electron chi connectivity index (χ4n) is 3.57. The van der Waals surface area contributed by atoms with Gasteiger partial charge in [0.25, 0.3) is 5.91 Å². The number of nitrogens with one attached hydrogen (secondary N) is 2. The SMILES string of the molecule is Cn1c(CNC(=O)CNC(=O)c2ccc(N3CCCC3=O)cc2)nc2ccccc21. The first kappa shape index (κ1) is 19.6. The fraction of sp³-hybridized carbons (Fsp3) is 0.273. The van der Waals surface area contributed by atoms with Gasteiger partial charge in [-0.05, 0) is 42.8 Å². The van der Waals surface area contributed by atoms with Gasteiger partial charge in [0.15, 0.2) is 0 Å². The predicted molar refractivity (Wildman–Crippen MR) is 113 cm³/mol. The normalized spacial score (nSPS) is 13.6. The molecule has 0 radical (unpaired) electrons. The van der Waals surface area contributed by atoms with Crippen molar-refractivity contribution in [2.75, 3.05) is 18.0 Å². The maximum atomic E-state index is 12.3. The molecule has 0 spiro atoms. The highest BCUT2D eigenvalue weighted by Crippen LogP contribution is 2.21. The zero-order chi connectivity index (χ0) is 21.1. The van der Waals surface area contributed by atoms with Crippen LogP contribution in [0.2, 0.25) is 0 Å². The second-order valence-corrected chi connectivity index (χ2v) is 7.23. The van der Waals surface area contributed by atoms with Crippen LogP contribution in [-0.2, 0) is 23.2 Å². The summed E-state index contributed by atoms with van der Waals surface area (Å²) in [6.07, 6.45) is 1.41. The zero-order valence-electron chi connectivity index (χ0n) is 16.7. The minimum Gasteiger partial charge on any atom is -0.347 e. The van der Waals surface area contributed by atoms with Crippen molar-refractivity contribution >= 4 is 34.4 Å². The van der Waals surface area contributed by atoms with Crippen molar-refractivity contribution in [3.63, 3.8) is 0 Å². The van der Waals surface area contributed by atoms with Crippen molar-refractivity contribution in [2.24, 2.45) is 7.05 Å². The second-order valence-electron chi connectivity index (χ2n) is 7.23. The maximum absolute atomic E-state index is 12.3. The molecule has 1 aliphatic rings. The third-order valence-corrected chi connectivity index (χ3v) is 5.25. The summed E-state index contributed by atoms with van der Waals surface area (Å²) in [7, 11) is 1.90. The van der Waals surface area contributed by atoms with E-state index in [-0.39, 0.29) is 30.8 Å². The number of imidazole rings is 1. The Bertz CT molecular complexity index is 1100. The van der Waals surface area contributed by atoms with E-state index in [2.05, 4.69) is 15.6 Å². The lowest BCUT2D eigenvalue weighted by molar-refractivity contribution is -0.120. The zero-order valence-corrected chi connectivity index (χ0v) is 16.7. The Kier molecular flexibility index (Phi) is 5.47. The van der Waals surface area contributed by atoms with Crippen molar-refractivity contribution in [2.45, 2.75) is 19.4 Å². The molecule has 0 atom stereocenters. The number of rotatable bonds is 6. The number of carbonyl (C=O) groups excluding carboxylic acids is 3. The second kappa shape index (κ2) is 8.36. The number of amides is 3. The molecule has 1 aromatic heterocycles. The lowest BCUT2D eigenvalue weighted by Crippen LogP contribution is -2.37. The first-order valence-corrected chi connectivity index (χ1v) is 9.88. The lowest BCUT2D eigenvalue weighted by atomic mass is 10.2. The molecule has 154 valence electrons. The van der Waals surface area contributed by atoms with Crippen LogP contribution in [0.4, 0.5) is 5.69 Å². The summed E-state index contributed by atoms with van der Waals surface area (Å²) in [5, 5.41) is 5.39. The number of fused-ring (bicyclic) bond motifs is 1. The smallest absolute Gasteiger partial charge is 0.251 e. The molecule has 3 aromatic rings. The number of hydrogen-bond acceptors (Lipinski definition) is 4. The summed E-state index contributed by atoms with van der Waals surface area (Å²) in [5.41, 5.74) is 3.09. The van der Waals surface area contributed by atoms with Crippen LogP contribution < -0.4 is 15.5 Å². The first-order chi connectivity index (χ1) is 14.5. The summed E-state index contributed by atoms with van der Waals surface area (Å²) in [6.45, 7) is 0.851. The van der Waals surface area contributed by atoms with E-state index in [4.69, 9.17) is 0 Å². The Morgan fingerprint density at radius 3 is 2.53 bits per heavy atom. The van der Waals surface area contributed by atoms with Crippen LogP contribution in [0.1, 0.15) is 29.0 Å². The number of aromatic nitrogens is 2. The fourth-order valence-corrected chi connectivity index (χ4v) is 3.57. The van der Waals surface area contributed by atoms with E-state index in [1.54, 1.807) is 29.2 Å². The molecule has 0 saturated carbocycles. The molecule has 1 aliphatic heterocycles. The largest absolute Gasteiger partial charge is 0.347 e. The van der Waals surface area contributed by atoms with Crippen molar-refractivity contribution in [3.8, 4) is 0 Å². The number of aryl methyl sites for hydroxylation is 1. The monoisotopic (exact) mass is 405 g/mol. The summed E-state index contributed by atoms with van der Waals surface area (Å²) in [5.74, 6) is 0.203. The number of hydrogen-bond donors (Lipinski definition) is 2. The summed E-state index contributed by atoms with van der Waals surface area (Å²) >= 11 is 0. The summed E-state index contributed by atoms with van der Waals surface area (Å²) < 4.78 is 1.93. The standard InChI is InChI=1S/C22H23N5O3/c1-26-18-6-3-2-5-17(18)25-19(26)13-23-20(28)14-24-22(30)15-8-10-16(11-9-15)27-12-4-7-21(27)29/h2-3,5-6,8-11H,4,7,12-14H2,1H3,(H,23,28)(H,24,30). The molecule has 2 aromatic carbocycles. The molecule has 2 N–H and O–H groups in total. The highest BCUT2D eigenvalue weighted by Gasteiger charge is 2.21. The highest BCUT2D eigenvalue weighted by molar-refractivity contribution is 5.98. The Balaban J connectivity index is 1.28. The summed E-state index contributed by atoms with van der Waals surface area (Å²) in [6, 6.07) is 14.6. The van der Waals surface area contributed by atoms with Gasteiger partial charge in [0, 0.05) is 31.3 Å². The minimum atomic E-state index is -0.341. The lowest BCUT2D eigenvalue weighted by Gasteiger charge is -2.15. The van der Waals surface area contributed by atoms with Crippen LogP contribution in [0, 0.1) is 0 Å². The number of nitrogens with zero attached hydrogens (tertiary/aromatic N) is 3. The molecule has 1 saturated heterocycles. The van der Waals surface area contributed by atoms with Crippen LogP contribution in [0.3, 0.4) is 0 Å². The molecule has 0 unspecified atom stereocenters. The molecule has 1 fully saturated rings. The van der Waals surface area contributed by atoms with Gasteiger partial charge in [-0.2, -0.15) is 0 Å². The van der Waals surface area contributed by atoms with Crippen LogP contribution >= 0.6 is 0 Å². The number of para-hydroxylation sites is 2. The van der Waals surface area contributed by atoms with Gasteiger partial charge in [0.05, 0.1) is 24.1 Å². The van der Waals surface area contributed by atoms with Gasteiger partial charge in [0.2, 0.25) is 11.8 Å². The highest BCUT2D eigenvalue weighted by atomic mass is 16.2. The molecule has 8 nitrogen and oxygen atoms in total. The van der Waals surface area contributed by atoms with Crippen LogP contribution in [-0.4, -0.2) is 40.4 Å². The van der Waals surface area contributed by atoms with Gasteiger partial charge >= 0.3 is 0 Å². The molecule has 2 heterocycles. The Morgan fingerprint density at radius 2 is 1.83 bits per heavy atom. The molecular weight excluding hydrogens is 382 g/mol. The van der Waals surface area contributed by atoms with E-state index in [9.17, 15) is 14.4 Å². The van der Waals surface area contributed by atoms with Crippen molar-refractivity contribution in [1.29, 1.82) is 0 Å². The third-order valence-electron chi connectivity index (χ3n) is 5.25. The number of carbonyl (C=O) groups is 3. The summed E-state index contributed by atoms with van der Waals surface area (Å²) in [4.78, 5) is 42.5. The topological polar surface area (TPSA) is 96.3 Å². The van der Waals surface area contributed by atoms with Crippen molar-refractivity contribution < 1.29 is 14.4 Å². The van der Waals surface area contributed by atoms with Crippen molar-refractivity contribution in [3.05, 3.63) is 59.9 Å². The van der Waals surface area contributed by atoms with E-state index < -0.39 is 0 Å². The molecule has 30 heavy (non-hydrogen) atoms. The minimum absolute atomic E-state index is 0.101. The maximum Gasteiger partial charge on any atom is 0.251 e. The van der Waals surface area contributed by atoms with Crippen LogP contribution in [0.25, 0.3) is 11.0 Å².